The smallest absolute Gasteiger partial charge is 0.315 e. The summed E-state index contributed by atoms with van der Waals surface area (Å²) in [4.78, 5) is 16.9. The van der Waals surface area contributed by atoms with Crippen LogP contribution in [0.5, 0.6) is 0 Å². The Labute approximate surface area is 137 Å². The molecule has 0 unspecified atom stereocenters. The highest BCUT2D eigenvalue weighted by molar-refractivity contribution is 5.74. The molecule has 0 radical (unpaired) electrons. The van der Waals surface area contributed by atoms with E-state index >= 15 is 0 Å². The van der Waals surface area contributed by atoms with Gasteiger partial charge in [-0.25, -0.2) is 14.5 Å². The Hall–Kier alpha value is -1.63. The molecule has 128 valence electrons. The van der Waals surface area contributed by atoms with Crippen molar-refractivity contribution in [1.29, 1.82) is 0 Å². The molecule has 0 saturated heterocycles. The fourth-order valence-corrected chi connectivity index (χ4v) is 3.81. The zero-order valence-electron chi connectivity index (χ0n) is 14.0. The monoisotopic (exact) mass is 321 g/mol. The zero-order chi connectivity index (χ0) is 16.2. The first kappa shape index (κ1) is 16.2. The Kier molecular flexibility index (Phi) is 5.15. The van der Waals surface area contributed by atoms with Crippen LogP contribution in [0.1, 0.15) is 63.1 Å². The molecule has 1 saturated carbocycles. The van der Waals surface area contributed by atoms with Gasteiger partial charge < -0.3 is 15.4 Å². The molecule has 2 N–H and O–H groups in total. The summed E-state index contributed by atoms with van der Waals surface area (Å²) in [7, 11) is 1.63. The van der Waals surface area contributed by atoms with E-state index < -0.39 is 0 Å². The minimum absolute atomic E-state index is 0.0664. The van der Waals surface area contributed by atoms with Crippen LogP contribution in [0.2, 0.25) is 0 Å². The number of aryl methyl sites for hydroxylation is 1. The molecular weight excluding hydrogens is 294 g/mol. The van der Waals surface area contributed by atoms with Gasteiger partial charge in [-0.15, -0.1) is 0 Å². The summed E-state index contributed by atoms with van der Waals surface area (Å²) in [5.41, 5.74) is 0. The number of carbonyl (C=O) groups excluding carboxylic acids is 1. The van der Waals surface area contributed by atoms with Gasteiger partial charge >= 0.3 is 6.03 Å². The van der Waals surface area contributed by atoms with E-state index in [2.05, 4.69) is 27.6 Å². The van der Waals surface area contributed by atoms with Crippen molar-refractivity contribution < 1.29 is 9.53 Å². The summed E-state index contributed by atoms with van der Waals surface area (Å²) in [6.07, 6.45) is 6.55. The second kappa shape index (κ2) is 7.29. The molecule has 2 heterocycles. The third kappa shape index (κ3) is 3.65. The van der Waals surface area contributed by atoms with Crippen LogP contribution in [-0.2, 0) is 17.9 Å². The number of nitrogens with zero attached hydrogens (tertiary/aromatic N) is 3. The highest BCUT2D eigenvalue weighted by atomic mass is 16.5. The van der Waals surface area contributed by atoms with Crippen LogP contribution >= 0.6 is 0 Å². The molecule has 0 aromatic carbocycles. The third-order valence-electron chi connectivity index (χ3n) is 5.00. The second-order valence-corrected chi connectivity index (χ2v) is 6.56. The average molecular weight is 321 g/mol. The molecule has 3 atom stereocenters. The highest BCUT2D eigenvalue weighted by Crippen LogP contribution is 2.28. The molecule has 7 heteroatoms. The predicted octanol–water partition coefficient (Wildman–Crippen LogP) is 2.14. The summed E-state index contributed by atoms with van der Waals surface area (Å²) in [6.45, 7) is 3.45. The van der Waals surface area contributed by atoms with Gasteiger partial charge in [-0.1, -0.05) is 19.8 Å². The normalized spacial score (nSPS) is 26.8. The van der Waals surface area contributed by atoms with E-state index in [4.69, 9.17) is 4.74 Å². The van der Waals surface area contributed by atoms with Crippen molar-refractivity contribution in [3.8, 4) is 0 Å². The van der Waals surface area contributed by atoms with Crippen molar-refractivity contribution in [3.63, 3.8) is 0 Å². The number of fused-ring (bicyclic) bond motifs is 1. The molecule has 1 aromatic heterocycles. The summed E-state index contributed by atoms with van der Waals surface area (Å²) in [5, 5.41) is 10.7. The Morgan fingerprint density at radius 2 is 2.17 bits per heavy atom. The van der Waals surface area contributed by atoms with E-state index in [1.54, 1.807) is 7.11 Å². The highest BCUT2D eigenvalue weighted by Gasteiger charge is 2.29. The number of ether oxygens (including phenoxy) is 1. The molecule has 0 bridgehead atoms. The standard InChI is InChI=1S/C16H27N5O2/c1-3-11-6-4-7-12(11)17-16(22)18-13-8-5-9-21-15(13)19-14(20-21)10-23-2/h11-13H,3-10H2,1-2H3,(H2,17,18,22)/t11-,12-,13+/m1/s1. The van der Waals surface area contributed by atoms with Crippen LogP contribution in [0.15, 0.2) is 0 Å². The Bertz CT molecular complexity index is 545. The van der Waals surface area contributed by atoms with Crippen molar-refractivity contribution in [2.24, 2.45) is 5.92 Å². The van der Waals surface area contributed by atoms with E-state index in [0.717, 1.165) is 38.1 Å². The number of hydrogen-bond acceptors (Lipinski definition) is 4. The van der Waals surface area contributed by atoms with Crippen LogP contribution in [0.4, 0.5) is 4.79 Å². The van der Waals surface area contributed by atoms with Gasteiger partial charge in [0, 0.05) is 19.7 Å². The van der Waals surface area contributed by atoms with Crippen LogP contribution in [0.3, 0.4) is 0 Å². The maximum Gasteiger partial charge on any atom is 0.315 e. The lowest BCUT2D eigenvalue weighted by molar-refractivity contribution is 0.177. The van der Waals surface area contributed by atoms with E-state index in [0.29, 0.717) is 24.4 Å². The number of rotatable bonds is 5. The van der Waals surface area contributed by atoms with E-state index in [1.165, 1.54) is 12.8 Å². The van der Waals surface area contributed by atoms with Gasteiger partial charge in [0.1, 0.15) is 12.4 Å². The first-order valence-electron chi connectivity index (χ1n) is 8.70. The summed E-state index contributed by atoms with van der Waals surface area (Å²) < 4.78 is 6.99. The first-order chi connectivity index (χ1) is 11.2. The van der Waals surface area contributed by atoms with Crippen molar-refractivity contribution in [3.05, 3.63) is 11.6 Å². The molecule has 1 aliphatic carbocycles. The molecule has 1 aliphatic heterocycles. The zero-order valence-corrected chi connectivity index (χ0v) is 14.0. The van der Waals surface area contributed by atoms with Gasteiger partial charge in [0.25, 0.3) is 0 Å². The minimum Gasteiger partial charge on any atom is -0.377 e. The summed E-state index contributed by atoms with van der Waals surface area (Å²) in [5.74, 6) is 2.14. The maximum atomic E-state index is 12.4. The fraction of sp³-hybridized carbons (Fsp3) is 0.812. The van der Waals surface area contributed by atoms with Crippen LogP contribution in [0.25, 0.3) is 0 Å². The Balaban J connectivity index is 1.61. The lowest BCUT2D eigenvalue weighted by Gasteiger charge is -2.25. The molecule has 2 amide bonds. The Morgan fingerprint density at radius 1 is 1.30 bits per heavy atom. The molecule has 23 heavy (non-hydrogen) atoms. The minimum atomic E-state index is -0.0786. The second-order valence-electron chi connectivity index (χ2n) is 6.56. The largest absolute Gasteiger partial charge is 0.377 e. The number of nitrogens with one attached hydrogen (secondary N) is 2. The number of amides is 2. The lowest BCUT2D eigenvalue weighted by Crippen LogP contribution is -2.45. The number of methoxy groups -OCH3 is 1. The third-order valence-corrected chi connectivity index (χ3v) is 5.00. The van der Waals surface area contributed by atoms with Gasteiger partial charge in [-0.3, -0.25) is 0 Å². The maximum absolute atomic E-state index is 12.4. The molecule has 1 aromatic rings. The SMILES string of the molecule is CC[C@@H]1CCC[C@H]1NC(=O)N[C@H]1CCCn2nc(COC)nc21. The van der Waals surface area contributed by atoms with E-state index in [1.807, 2.05) is 4.68 Å². The van der Waals surface area contributed by atoms with Gasteiger partial charge in [0.05, 0.1) is 6.04 Å². The van der Waals surface area contributed by atoms with E-state index in [9.17, 15) is 4.79 Å². The van der Waals surface area contributed by atoms with Gasteiger partial charge in [-0.2, -0.15) is 5.10 Å². The quantitative estimate of drug-likeness (QED) is 0.870. The van der Waals surface area contributed by atoms with Gasteiger partial charge in [-0.05, 0) is 31.6 Å². The molecule has 2 aliphatic rings. The predicted molar refractivity (Wildman–Crippen MR) is 85.8 cm³/mol. The first-order valence-corrected chi connectivity index (χ1v) is 8.70. The van der Waals surface area contributed by atoms with Crippen LogP contribution in [-0.4, -0.2) is 33.9 Å². The van der Waals surface area contributed by atoms with Crippen molar-refractivity contribution >= 4 is 6.03 Å². The molecule has 7 nitrogen and oxygen atoms in total. The molecular formula is C16H27N5O2. The number of aromatic nitrogens is 3. The summed E-state index contributed by atoms with van der Waals surface area (Å²) >= 11 is 0. The molecule has 1 fully saturated rings. The van der Waals surface area contributed by atoms with Gasteiger partial charge in [0.15, 0.2) is 5.82 Å². The lowest BCUT2D eigenvalue weighted by atomic mass is 10.0. The average Bonchev–Trinajstić information content (AvgIpc) is 3.14. The number of urea groups is 1. The number of carbonyl (C=O) groups is 1. The molecule has 0 spiro atoms. The van der Waals surface area contributed by atoms with Crippen molar-refractivity contribution in [2.45, 2.75) is 70.7 Å². The van der Waals surface area contributed by atoms with Crippen LogP contribution < -0.4 is 10.6 Å². The van der Waals surface area contributed by atoms with Gasteiger partial charge in [0.2, 0.25) is 0 Å². The van der Waals surface area contributed by atoms with E-state index in [-0.39, 0.29) is 12.1 Å². The fourth-order valence-electron chi connectivity index (χ4n) is 3.81. The summed E-state index contributed by atoms with van der Waals surface area (Å²) in [6, 6.07) is 0.166. The van der Waals surface area contributed by atoms with Crippen LogP contribution in [0, 0.1) is 5.92 Å². The van der Waals surface area contributed by atoms with Crippen molar-refractivity contribution in [2.75, 3.05) is 7.11 Å². The Morgan fingerprint density at radius 3 is 2.96 bits per heavy atom. The van der Waals surface area contributed by atoms with Crippen molar-refractivity contribution in [1.82, 2.24) is 25.4 Å². The topological polar surface area (TPSA) is 81.1 Å². The number of hydrogen-bond donors (Lipinski definition) is 2. The molecule has 3 rings (SSSR count).